The molecule has 2 N–H and O–H groups in total. The van der Waals surface area contributed by atoms with Gasteiger partial charge in [-0.25, -0.2) is 4.98 Å². The summed E-state index contributed by atoms with van der Waals surface area (Å²) in [7, 11) is 0. The van der Waals surface area contributed by atoms with Crippen molar-refractivity contribution in [3.8, 4) is 11.5 Å². The summed E-state index contributed by atoms with van der Waals surface area (Å²) in [5.74, 6) is 1.87. The Hall–Kier alpha value is -3.19. The average Bonchev–Trinajstić information content (AvgIpc) is 2.97. The van der Waals surface area contributed by atoms with Crippen LogP contribution in [0, 0.1) is 6.92 Å². The van der Waals surface area contributed by atoms with E-state index in [9.17, 15) is 4.79 Å². The Balaban J connectivity index is 1.41. The lowest BCUT2D eigenvalue weighted by molar-refractivity contribution is 0.102. The van der Waals surface area contributed by atoms with E-state index in [0.29, 0.717) is 24.6 Å². The van der Waals surface area contributed by atoms with Gasteiger partial charge in [-0.2, -0.15) is 0 Å². The lowest BCUT2D eigenvalue weighted by Gasteiger charge is -2.11. The minimum Gasteiger partial charge on any atom is -0.490 e. The second-order valence-corrected chi connectivity index (χ2v) is 7.50. The fourth-order valence-corrected chi connectivity index (χ4v) is 3.51. The van der Waals surface area contributed by atoms with E-state index in [1.807, 2.05) is 49.4 Å². The summed E-state index contributed by atoms with van der Waals surface area (Å²) in [6.45, 7) is 3.28. The molecule has 0 bridgehead atoms. The molecule has 0 saturated carbocycles. The Bertz CT molecular complexity index is 1030. The van der Waals surface area contributed by atoms with Gasteiger partial charge in [0.2, 0.25) is 0 Å². The van der Waals surface area contributed by atoms with Crippen LogP contribution in [0.4, 0.5) is 11.5 Å². The van der Waals surface area contributed by atoms with Crippen molar-refractivity contribution in [3.63, 3.8) is 0 Å². The van der Waals surface area contributed by atoms with Crippen molar-refractivity contribution in [1.29, 1.82) is 0 Å². The molecule has 7 heteroatoms. The monoisotopic (exact) mass is 407 g/mol. The molecule has 148 valence electrons. The van der Waals surface area contributed by atoms with Crippen LogP contribution in [0.2, 0.25) is 0 Å². The van der Waals surface area contributed by atoms with Gasteiger partial charge in [0.25, 0.3) is 5.91 Å². The molecule has 2 aromatic carbocycles. The molecule has 4 rings (SSSR count). The Kier molecular flexibility index (Phi) is 5.86. The van der Waals surface area contributed by atoms with Crippen LogP contribution >= 0.6 is 11.9 Å². The summed E-state index contributed by atoms with van der Waals surface area (Å²) >= 11 is 1.45. The topological polar surface area (TPSA) is 72.5 Å². The summed E-state index contributed by atoms with van der Waals surface area (Å²) < 4.78 is 14.7. The van der Waals surface area contributed by atoms with E-state index in [1.54, 1.807) is 18.3 Å². The van der Waals surface area contributed by atoms with Crippen molar-refractivity contribution in [2.45, 2.75) is 18.2 Å². The second-order valence-electron chi connectivity index (χ2n) is 6.62. The molecular weight excluding hydrogens is 386 g/mol. The van der Waals surface area contributed by atoms with Gasteiger partial charge >= 0.3 is 0 Å². The van der Waals surface area contributed by atoms with Gasteiger partial charge in [0.15, 0.2) is 11.5 Å². The first-order valence-corrected chi connectivity index (χ1v) is 10.2. The number of hydrogen-bond acceptors (Lipinski definition) is 6. The van der Waals surface area contributed by atoms with E-state index >= 15 is 0 Å². The van der Waals surface area contributed by atoms with Crippen LogP contribution in [0.5, 0.6) is 11.5 Å². The number of anilines is 2. The molecule has 3 aromatic rings. The van der Waals surface area contributed by atoms with Crippen molar-refractivity contribution in [3.05, 3.63) is 71.9 Å². The predicted molar refractivity (Wildman–Crippen MR) is 115 cm³/mol. The first kappa shape index (κ1) is 19.1. The van der Waals surface area contributed by atoms with Gasteiger partial charge in [0, 0.05) is 28.8 Å². The number of aromatic nitrogens is 1. The van der Waals surface area contributed by atoms with Crippen LogP contribution in [-0.2, 0) is 0 Å². The third-order valence-electron chi connectivity index (χ3n) is 4.29. The Labute approximate surface area is 173 Å². The number of aryl methyl sites for hydroxylation is 1. The van der Waals surface area contributed by atoms with Gasteiger partial charge in [-0.15, -0.1) is 0 Å². The summed E-state index contributed by atoms with van der Waals surface area (Å²) in [4.78, 5) is 17.7. The van der Waals surface area contributed by atoms with Crippen LogP contribution in [-0.4, -0.2) is 24.1 Å². The van der Waals surface area contributed by atoms with Crippen molar-refractivity contribution in [2.75, 3.05) is 23.3 Å². The first-order chi connectivity index (χ1) is 14.2. The lowest BCUT2D eigenvalue weighted by Crippen LogP contribution is -2.13. The summed E-state index contributed by atoms with van der Waals surface area (Å²) in [5.41, 5.74) is 2.42. The van der Waals surface area contributed by atoms with Gasteiger partial charge in [0.1, 0.15) is 5.82 Å². The molecular formula is C22H21N3O3S. The highest BCUT2D eigenvalue weighted by atomic mass is 32.2. The molecule has 1 amide bonds. The maximum atomic E-state index is 12.5. The zero-order valence-corrected chi connectivity index (χ0v) is 16.8. The number of nitrogens with zero attached hydrogens (tertiary/aromatic N) is 1. The number of pyridine rings is 1. The van der Waals surface area contributed by atoms with E-state index in [4.69, 9.17) is 9.47 Å². The maximum absolute atomic E-state index is 12.5. The van der Waals surface area contributed by atoms with Crippen molar-refractivity contribution >= 4 is 29.4 Å². The van der Waals surface area contributed by atoms with Gasteiger partial charge < -0.3 is 19.5 Å². The standard InChI is InChI=1S/C22H21N3O3S/c1-15-8-9-23-21(12-15)24-22(26)16-4-2-5-17(13-16)25-29-18-6-7-19-20(14-18)28-11-3-10-27-19/h2,4-9,12-14,25H,3,10-11H2,1H3,(H,23,24,26). The molecule has 1 aromatic heterocycles. The molecule has 0 saturated heterocycles. The van der Waals surface area contributed by atoms with Crippen molar-refractivity contribution in [1.82, 2.24) is 4.98 Å². The molecule has 6 nitrogen and oxygen atoms in total. The van der Waals surface area contributed by atoms with E-state index in [0.717, 1.165) is 34.1 Å². The SMILES string of the molecule is Cc1ccnc(NC(=O)c2cccc(NSc3ccc4c(c3)OCCCO4)c2)c1. The number of rotatable bonds is 5. The molecule has 29 heavy (non-hydrogen) atoms. The molecule has 0 fully saturated rings. The van der Waals surface area contributed by atoms with Crippen LogP contribution in [0.15, 0.2) is 65.7 Å². The van der Waals surface area contributed by atoms with Gasteiger partial charge in [-0.3, -0.25) is 4.79 Å². The van der Waals surface area contributed by atoms with E-state index in [1.165, 1.54) is 11.9 Å². The van der Waals surface area contributed by atoms with Crippen LogP contribution in [0.3, 0.4) is 0 Å². The molecule has 0 unspecified atom stereocenters. The smallest absolute Gasteiger partial charge is 0.256 e. The minimum absolute atomic E-state index is 0.202. The van der Waals surface area contributed by atoms with Crippen LogP contribution < -0.4 is 19.5 Å². The molecule has 2 heterocycles. The molecule has 1 aliphatic rings. The van der Waals surface area contributed by atoms with Crippen molar-refractivity contribution in [2.24, 2.45) is 0 Å². The van der Waals surface area contributed by atoms with Gasteiger partial charge in [0.05, 0.1) is 13.2 Å². The largest absolute Gasteiger partial charge is 0.490 e. The van der Waals surface area contributed by atoms with Crippen LogP contribution in [0.25, 0.3) is 0 Å². The number of carbonyl (C=O) groups is 1. The van der Waals surface area contributed by atoms with Gasteiger partial charge in [-0.1, -0.05) is 6.07 Å². The number of hydrogen-bond donors (Lipinski definition) is 2. The summed E-state index contributed by atoms with van der Waals surface area (Å²) in [5, 5.41) is 2.83. The summed E-state index contributed by atoms with van der Waals surface area (Å²) in [6, 6.07) is 16.9. The predicted octanol–water partition coefficient (Wildman–Crippen LogP) is 4.92. The third-order valence-corrected chi connectivity index (χ3v) is 5.11. The van der Waals surface area contributed by atoms with Crippen molar-refractivity contribution < 1.29 is 14.3 Å². The van der Waals surface area contributed by atoms with E-state index in [-0.39, 0.29) is 5.91 Å². The Morgan fingerprint density at radius 1 is 1.03 bits per heavy atom. The van der Waals surface area contributed by atoms with Gasteiger partial charge in [-0.05, 0) is 73.0 Å². The lowest BCUT2D eigenvalue weighted by atomic mass is 10.2. The molecule has 0 aliphatic carbocycles. The summed E-state index contributed by atoms with van der Waals surface area (Å²) in [6.07, 6.45) is 2.55. The molecule has 0 atom stereocenters. The third kappa shape index (κ3) is 5.00. The average molecular weight is 407 g/mol. The number of amides is 1. The number of carbonyl (C=O) groups excluding carboxylic acids is 1. The van der Waals surface area contributed by atoms with E-state index in [2.05, 4.69) is 15.0 Å². The highest BCUT2D eigenvalue weighted by Crippen LogP contribution is 2.34. The Morgan fingerprint density at radius 3 is 2.76 bits per heavy atom. The Morgan fingerprint density at radius 2 is 1.90 bits per heavy atom. The zero-order valence-electron chi connectivity index (χ0n) is 16.0. The zero-order chi connectivity index (χ0) is 20.1. The number of fused-ring (bicyclic) bond motifs is 1. The normalized spacial score (nSPS) is 12.7. The number of ether oxygens (including phenoxy) is 2. The van der Waals surface area contributed by atoms with Crippen LogP contribution in [0.1, 0.15) is 22.3 Å². The molecule has 0 radical (unpaired) electrons. The highest BCUT2D eigenvalue weighted by molar-refractivity contribution is 8.00. The second kappa shape index (κ2) is 8.87. The maximum Gasteiger partial charge on any atom is 0.256 e. The van der Waals surface area contributed by atoms with E-state index < -0.39 is 0 Å². The quantitative estimate of drug-likeness (QED) is 0.585. The fraction of sp³-hybridized carbons (Fsp3) is 0.182. The molecule has 1 aliphatic heterocycles. The number of benzene rings is 2. The first-order valence-electron chi connectivity index (χ1n) is 9.34. The molecule has 0 spiro atoms. The highest BCUT2D eigenvalue weighted by Gasteiger charge is 2.12. The number of nitrogens with one attached hydrogen (secondary N) is 2. The fourth-order valence-electron chi connectivity index (χ4n) is 2.84. The minimum atomic E-state index is -0.202.